The van der Waals surface area contributed by atoms with Gasteiger partial charge in [0.15, 0.2) is 0 Å². The molecule has 0 radical (unpaired) electrons. The minimum Gasteiger partial charge on any atom is -0.354 e. The number of carbonyl (C=O) groups is 2. The Kier molecular flexibility index (Phi) is 9.00. The number of carbonyl (C=O) groups excluding carboxylic acids is 2. The summed E-state index contributed by atoms with van der Waals surface area (Å²) in [5, 5.41) is 3.76. The van der Waals surface area contributed by atoms with Crippen molar-refractivity contribution in [2.24, 2.45) is 5.92 Å². The molecule has 2 rings (SSSR count). The number of nitrogens with one attached hydrogen (secondary N) is 1. The summed E-state index contributed by atoms with van der Waals surface area (Å²) in [5.74, 6) is 0.00309. The second-order valence-electron chi connectivity index (χ2n) is 7.39. The Morgan fingerprint density at radius 1 is 1.03 bits per heavy atom. The molecule has 0 aliphatic carbocycles. The van der Waals surface area contributed by atoms with Crippen LogP contribution in [-0.2, 0) is 22.6 Å². The minimum atomic E-state index is -0.608. The van der Waals surface area contributed by atoms with Crippen LogP contribution in [0.4, 0.5) is 0 Å². The van der Waals surface area contributed by atoms with Gasteiger partial charge in [0, 0.05) is 17.6 Å². The number of rotatable bonds is 8. The summed E-state index contributed by atoms with van der Waals surface area (Å²) in [4.78, 5) is 27.4. The molecule has 1 N–H and O–H groups in total. The highest BCUT2D eigenvalue weighted by Gasteiger charge is 2.26. The maximum absolute atomic E-state index is 13.1. The van der Waals surface area contributed by atoms with Crippen molar-refractivity contribution < 1.29 is 9.59 Å². The van der Waals surface area contributed by atoms with Gasteiger partial charge in [-0.15, -0.1) is 0 Å². The second-order valence-corrected chi connectivity index (χ2v) is 9.12. The standard InChI is InChI=1S/C22H25BrCl2N2O2/c1-14(2)12-26-22(29)15(3)27(13-17-5-4-6-18(23)9-17)21(28)11-16-7-8-19(24)20(25)10-16/h4-10,14-15H,11-13H2,1-3H3,(H,26,29)/t15-/m1/s1. The van der Waals surface area contributed by atoms with Crippen LogP contribution in [0.1, 0.15) is 31.9 Å². The number of nitrogens with zero attached hydrogens (tertiary/aromatic N) is 1. The zero-order valence-corrected chi connectivity index (χ0v) is 19.8. The van der Waals surface area contributed by atoms with Crippen molar-refractivity contribution in [3.63, 3.8) is 0 Å². The first-order valence-corrected chi connectivity index (χ1v) is 11.0. The fourth-order valence-electron chi connectivity index (χ4n) is 2.79. The molecule has 1 atom stereocenters. The van der Waals surface area contributed by atoms with Crippen molar-refractivity contribution in [3.05, 3.63) is 68.1 Å². The largest absolute Gasteiger partial charge is 0.354 e. The van der Waals surface area contributed by atoms with E-state index in [1.807, 2.05) is 38.1 Å². The van der Waals surface area contributed by atoms with Crippen LogP contribution in [-0.4, -0.2) is 29.3 Å². The Morgan fingerprint density at radius 2 is 1.76 bits per heavy atom. The predicted molar refractivity (Wildman–Crippen MR) is 122 cm³/mol. The monoisotopic (exact) mass is 498 g/mol. The molecule has 0 fully saturated rings. The van der Waals surface area contributed by atoms with Gasteiger partial charge >= 0.3 is 0 Å². The molecule has 0 spiro atoms. The molecular formula is C22H25BrCl2N2O2. The molecule has 0 aliphatic heterocycles. The smallest absolute Gasteiger partial charge is 0.242 e. The van der Waals surface area contributed by atoms with Gasteiger partial charge in [-0.25, -0.2) is 0 Å². The predicted octanol–water partition coefficient (Wildman–Crippen LogP) is 5.49. The summed E-state index contributed by atoms with van der Waals surface area (Å²) in [7, 11) is 0. The molecule has 2 aromatic rings. The molecule has 0 saturated carbocycles. The summed E-state index contributed by atoms with van der Waals surface area (Å²) < 4.78 is 0.920. The van der Waals surface area contributed by atoms with E-state index in [4.69, 9.17) is 23.2 Å². The van der Waals surface area contributed by atoms with Crippen molar-refractivity contribution in [1.29, 1.82) is 0 Å². The lowest BCUT2D eigenvalue weighted by atomic mass is 10.1. The van der Waals surface area contributed by atoms with Crippen LogP contribution < -0.4 is 5.32 Å². The summed E-state index contributed by atoms with van der Waals surface area (Å²) in [5.41, 5.74) is 1.68. The van der Waals surface area contributed by atoms with Crippen LogP contribution in [0.2, 0.25) is 10.0 Å². The SMILES string of the molecule is CC(C)CNC(=O)[C@@H](C)N(Cc1cccc(Br)c1)C(=O)Cc1ccc(Cl)c(Cl)c1. The first kappa shape index (κ1) is 23.7. The van der Waals surface area contributed by atoms with Gasteiger partial charge in [-0.05, 0) is 48.2 Å². The fraction of sp³-hybridized carbons (Fsp3) is 0.364. The first-order valence-electron chi connectivity index (χ1n) is 9.43. The highest BCUT2D eigenvalue weighted by molar-refractivity contribution is 9.10. The highest BCUT2D eigenvalue weighted by Crippen LogP contribution is 2.23. The maximum atomic E-state index is 13.1. The number of halogens is 3. The molecule has 156 valence electrons. The summed E-state index contributed by atoms with van der Waals surface area (Å²) in [6.07, 6.45) is 0.132. The van der Waals surface area contributed by atoms with Crippen LogP contribution in [0.3, 0.4) is 0 Å². The molecular weight excluding hydrogens is 475 g/mol. The Morgan fingerprint density at radius 3 is 2.38 bits per heavy atom. The normalized spacial score (nSPS) is 12.0. The van der Waals surface area contributed by atoms with Gasteiger partial charge in [0.1, 0.15) is 6.04 Å². The maximum Gasteiger partial charge on any atom is 0.242 e. The average Bonchev–Trinajstić information content (AvgIpc) is 2.66. The number of benzene rings is 2. The lowest BCUT2D eigenvalue weighted by Crippen LogP contribution is -2.48. The van der Waals surface area contributed by atoms with Crippen molar-refractivity contribution >= 4 is 50.9 Å². The van der Waals surface area contributed by atoms with E-state index in [2.05, 4.69) is 21.2 Å². The summed E-state index contributed by atoms with van der Waals surface area (Å²) in [6.45, 7) is 6.70. The van der Waals surface area contributed by atoms with Crippen LogP contribution in [0.15, 0.2) is 46.9 Å². The third kappa shape index (κ3) is 7.32. The van der Waals surface area contributed by atoms with E-state index in [1.54, 1.807) is 30.0 Å². The molecule has 4 nitrogen and oxygen atoms in total. The van der Waals surface area contributed by atoms with Crippen molar-refractivity contribution in [2.45, 2.75) is 39.8 Å². The van der Waals surface area contributed by atoms with E-state index in [9.17, 15) is 9.59 Å². The molecule has 0 unspecified atom stereocenters. The van der Waals surface area contributed by atoms with Crippen LogP contribution in [0.25, 0.3) is 0 Å². The molecule has 7 heteroatoms. The zero-order valence-electron chi connectivity index (χ0n) is 16.7. The molecule has 0 heterocycles. The van der Waals surface area contributed by atoms with Gasteiger partial charge in [0.05, 0.1) is 16.5 Å². The molecule has 0 saturated heterocycles. The minimum absolute atomic E-state index is 0.132. The van der Waals surface area contributed by atoms with E-state index < -0.39 is 6.04 Å². The van der Waals surface area contributed by atoms with Gasteiger partial charge in [-0.3, -0.25) is 9.59 Å². The Labute approximate surface area is 190 Å². The number of hydrogen-bond acceptors (Lipinski definition) is 2. The quantitative estimate of drug-likeness (QED) is 0.522. The van der Waals surface area contributed by atoms with Crippen molar-refractivity contribution in [2.75, 3.05) is 6.54 Å². The second kappa shape index (κ2) is 11.0. The molecule has 2 aromatic carbocycles. The molecule has 29 heavy (non-hydrogen) atoms. The zero-order chi connectivity index (χ0) is 21.6. The van der Waals surface area contributed by atoms with Crippen molar-refractivity contribution in [3.8, 4) is 0 Å². The van der Waals surface area contributed by atoms with E-state index in [1.165, 1.54) is 0 Å². The number of hydrogen-bond donors (Lipinski definition) is 1. The molecule has 0 aromatic heterocycles. The van der Waals surface area contributed by atoms with Gasteiger partial charge in [-0.1, -0.05) is 71.2 Å². The van der Waals surface area contributed by atoms with Gasteiger partial charge in [0.2, 0.25) is 11.8 Å². The molecule has 0 bridgehead atoms. The third-order valence-electron chi connectivity index (χ3n) is 4.43. The topological polar surface area (TPSA) is 49.4 Å². The van der Waals surface area contributed by atoms with Crippen LogP contribution in [0, 0.1) is 5.92 Å². The molecule has 2 amide bonds. The highest BCUT2D eigenvalue weighted by atomic mass is 79.9. The number of amides is 2. The van der Waals surface area contributed by atoms with E-state index >= 15 is 0 Å². The first-order chi connectivity index (χ1) is 13.7. The lowest BCUT2D eigenvalue weighted by molar-refractivity contribution is -0.140. The van der Waals surface area contributed by atoms with E-state index in [0.29, 0.717) is 29.1 Å². The Bertz CT molecular complexity index is 874. The van der Waals surface area contributed by atoms with Gasteiger partial charge < -0.3 is 10.2 Å². The van der Waals surface area contributed by atoms with E-state index in [0.717, 1.165) is 15.6 Å². The Balaban J connectivity index is 2.23. The Hall–Kier alpha value is -1.56. The third-order valence-corrected chi connectivity index (χ3v) is 5.67. The van der Waals surface area contributed by atoms with Crippen LogP contribution >= 0.6 is 39.1 Å². The fourth-order valence-corrected chi connectivity index (χ4v) is 3.56. The average molecular weight is 500 g/mol. The van der Waals surface area contributed by atoms with Gasteiger partial charge in [0.25, 0.3) is 0 Å². The van der Waals surface area contributed by atoms with E-state index in [-0.39, 0.29) is 18.2 Å². The lowest BCUT2D eigenvalue weighted by Gasteiger charge is -2.29. The van der Waals surface area contributed by atoms with Gasteiger partial charge in [-0.2, -0.15) is 0 Å². The summed E-state index contributed by atoms with van der Waals surface area (Å²) >= 11 is 15.5. The summed E-state index contributed by atoms with van der Waals surface area (Å²) in [6, 6.07) is 12.2. The van der Waals surface area contributed by atoms with Crippen LogP contribution in [0.5, 0.6) is 0 Å². The van der Waals surface area contributed by atoms with Crippen molar-refractivity contribution in [1.82, 2.24) is 10.2 Å². The molecule has 0 aliphatic rings.